The second kappa shape index (κ2) is 4.96. The molecule has 0 heterocycles. The Morgan fingerprint density at radius 3 is 2.71 bits per heavy atom. The Kier molecular flexibility index (Phi) is 3.14. The molecular formula is C22H29NO. The summed E-state index contributed by atoms with van der Waals surface area (Å²) < 4.78 is 0. The van der Waals surface area contributed by atoms with E-state index in [2.05, 4.69) is 19.1 Å². The Hall–Kier alpha value is -1.10. The highest BCUT2D eigenvalue weighted by molar-refractivity contribution is 5.91. The van der Waals surface area contributed by atoms with E-state index in [1.165, 1.54) is 44.9 Å². The molecule has 2 nitrogen and oxygen atoms in total. The lowest BCUT2D eigenvalue weighted by molar-refractivity contribution is -0.116. The summed E-state index contributed by atoms with van der Waals surface area (Å²) in [6.45, 7) is 2.34. The number of fused-ring (bicyclic) bond motifs is 6. The fourth-order valence-electron chi connectivity index (χ4n) is 7.81. The third-order valence-electron chi connectivity index (χ3n) is 9.05. The van der Waals surface area contributed by atoms with Crippen molar-refractivity contribution in [3.8, 4) is 6.07 Å². The molecule has 24 heavy (non-hydrogen) atoms. The van der Waals surface area contributed by atoms with Crippen LogP contribution in [0.3, 0.4) is 0 Å². The SMILES string of the molecule is CC[C@]12CC[C@H]3[C@@H](CC4(CC4)C4=CC(=O)CC[C@@H]43)[C@@H]1CCC2C#N. The zero-order valence-electron chi connectivity index (χ0n) is 14.9. The zero-order chi connectivity index (χ0) is 16.5. The lowest BCUT2D eigenvalue weighted by Crippen LogP contribution is -2.49. The fourth-order valence-corrected chi connectivity index (χ4v) is 7.81. The van der Waals surface area contributed by atoms with Gasteiger partial charge in [0.15, 0.2) is 5.78 Å². The Balaban J connectivity index is 1.54. The summed E-state index contributed by atoms with van der Waals surface area (Å²) in [5, 5.41) is 9.73. The van der Waals surface area contributed by atoms with Gasteiger partial charge in [-0.2, -0.15) is 5.26 Å². The smallest absolute Gasteiger partial charge is 0.155 e. The third kappa shape index (κ3) is 1.80. The molecule has 1 unspecified atom stereocenters. The quantitative estimate of drug-likeness (QED) is 0.677. The maximum Gasteiger partial charge on any atom is 0.155 e. The van der Waals surface area contributed by atoms with Crippen LogP contribution in [0.15, 0.2) is 11.6 Å². The molecule has 128 valence electrons. The molecule has 0 amide bonds. The van der Waals surface area contributed by atoms with Gasteiger partial charge in [0.2, 0.25) is 0 Å². The van der Waals surface area contributed by atoms with Gasteiger partial charge in [0.1, 0.15) is 0 Å². The van der Waals surface area contributed by atoms with E-state index in [0.717, 1.165) is 37.0 Å². The molecule has 4 saturated carbocycles. The van der Waals surface area contributed by atoms with Crippen LogP contribution < -0.4 is 0 Å². The van der Waals surface area contributed by atoms with Crippen molar-refractivity contribution in [3.63, 3.8) is 0 Å². The van der Waals surface area contributed by atoms with Gasteiger partial charge in [0, 0.05) is 6.42 Å². The Morgan fingerprint density at radius 2 is 2.00 bits per heavy atom. The second-order valence-electron chi connectivity index (χ2n) is 9.51. The molecule has 0 aromatic heterocycles. The molecule has 0 aliphatic heterocycles. The van der Waals surface area contributed by atoms with Crippen molar-refractivity contribution in [3.05, 3.63) is 11.6 Å². The van der Waals surface area contributed by atoms with Gasteiger partial charge in [-0.15, -0.1) is 0 Å². The van der Waals surface area contributed by atoms with Crippen molar-refractivity contribution < 1.29 is 4.79 Å². The summed E-state index contributed by atoms with van der Waals surface area (Å²) in [7, 11) is 0. The van der Waals surface area contributed by atoms with E-state index in [-0.39, 0.29) is 0 Å². The Bertz CT molecular complexity index is 651. The number of carbonyl (C=O) groups excluding carboxylic acids is 1. The maximum absolute atomic E-state index is 12.0. The molecule has 0 aromatic carbocycles. The lowest BCUT2D eigenvalue weighted by Gasteiger charge is -2.56. The molecule has 5 rings (SSSR count). The van der Waals surface area contributed by atoms with Gasteiger partial charge in [0.25, 0.3) is 0 Å². The number of carbonyl (C=O) groups is 1. The van der Waals surface area contributed by atoms with E-state index in [9.17, 15) is 10.1 Å². The van der Waals surface area contributed by atoms with Gasteiger partial charge in [-0.25, -0.2) is 0 Å². The molecule has 4 fully saturated rings. The predicted octanol–water partition coefficient (Wildman–Crippen LogP) is 5.05. The highest BCUT2D eigenvalue weighted by Gasteiger charge is 2.63. The molecule has 5 aliphatic carbocycles. The number of hydrogen-bond acceptors (Lipinski definition) is 2. The molecule has 0 aromatic rings. The first kappa shape index (κ1) is 15.2. The van der Waals surface area contributed by atoms with E-state index in [4.69, 9.17) is 0 Å². The first-order valence-electron chi connectivity index (χ1n) is 10.3. The second-order valence-corrected chi connectivity index (χ2v) is 9.51. The van der Waals surface area contributed by atoms with E-state index in [1.54, 1.807) is 5.57 Å². The summed E-state index contributed by atoms with van der Waals surface area (Å²) in [6, 6.07) is 2.69. The van der Waals surface area contributed by atoms with Crippen LogP contribution in [0.2, 0.25) is 0 Å². The highest BCUT2D eigenvalue weighted by Crippen LogP contribution is 2.72. The standard InChI is InChI=1S/C22H29NO/c1-2-22-8-7-16-17-5-4-15(24)11-20(17)21(9-10-21)12-18(16)19(22)6-3-14(22)13-23/h11,14,16-19H,2-10,12H2,1H3/t14?,16-,17-,18-,19+,22-/m1/s1. The van der Waals surface area contributed by atoms with Gasteiger partial charge in [-0.05, 0) is 98.4 Å². The molecule has 0 saturated heterocycles. The first-order valence-corrected chi connectivity index (χ1v) is 10.3. The van der Waals surface area contributed by atoms with Gasteiger partial charge < -0.3 is 0 Å². The van der Waals surface area contributed by atoms with Crippen LogP contribution in [-0.4, -0.2) is 5.78 Å². The van der Waals surface area contributed by atoms with Crippen molar-refractivity contribution in [2.75, 3.05) is 0 Å². The van der Waals surface area contributed by atoms with E-state index in [0.29, 0.717) is 28.4 Å². The molecule has 0 radical (unpaired) electrons. The predicted molar refractivity (Wildman–Crippen MR) is 92.9 cm³/mol. The van der Waals surface area contributed by atoms with Gasteiger partial charge in [-0.3, -0.25) is 4.79 Å². The van der Waals surface area contributed by atoms with Crippen LogP contribution in [0.25, 0.3) is 0 Å². The van der Waals surface area contributed by atoms with Gasteiger partial charge >= 0.3 is 0 Å². The van der Waals surface area contributed by atoms with Crippen LogP contribution in [-0.2, 0) is 4.79 Å². The largest absolute Gasteiger partial charge is 0.295 e. The van der Waals surface area contributed by atoms with Crippen LogP contribution in [0.5, 0.6) is 0 Å². The minimum Gasteiger partial charge on any atom is -0.295 e. The van der Waals surface area contributed by atoms with Crippen molar-refractivity contribution in [1.29, 1.82) is 5.26 Å². The minimum atomic E-state index is 0.300. The number of rotatable bonds is 1. The number of nitrogens with zero attached hydrogens (tertiary/aromatic N) is 1. The summed E-state index contributed by atoms with van der Waals surface area (Å²) in [4.78, 5) is 12.0. The molecule has 6 atom stereocenters. The fraction of sp³-hybridized carbons (Fsp3) is 0.818. The average Bonchev–Trinajstić information content (AvgIpc) is 3.26. The molecule has 0 N–H and O–H groups in total. The summed E-state index contributed by atoms with van der Waals surface area (Å²) in [6.07, 6.45) is 14.1. The van der Waals surface area contributed by atoms with Crippen molar-refractivity contribution >= 4 is 5.78 Å². The van der Waals surface area contributed by atoms with Crippen LogP contribution >= 0.6 is 0 Å². The van der Waals surface area contributed by atoms with E-state index < -0.39 is 0 Å². The topological polar surface area (TPSA) is 40.9 Å². The number of allylic oxidation sites excluding steroid dienone is 1. The molecule has 1 spiro atoms. The summed E-state index contributed by atoms with van der Waals surface area (Å²) in [5.41, 5.74) is 2.29. The lowest BCUT2D eigenvalue weighted by atomic mass is 9.48. The number of nitriles is 1. The molecule has 5 aliphatic rings. The van der Waals surface area contributed by atoms with Crippen molar-refractivity contribution in [1.82, 2.24) is 0 Å². The molecule has 2 heteroatoms. The number of ketones is 1. The monoisotopic (exact) mass is 323 g/mol. The van der Waals surface area contributed by atoms with E-state index in [1.807, 2.05) is 0 Å². The van der Waals surface area contributed by atoms with Crippen molar-refractivity contribution in [2.45, 2.75) is 71.1 Å². The first-order chi connectivity index (χ1) is 11.6. The molecular weight excluding hydrogens is 294 g/mol. The van der Waals surface area contributed by atoms with Crippen LogP contribution in [0.1, 0.15) is 71.1 Å². The normalized spacial score (nSPS) is 48.1. The maximum atomic E-state index is 12.0. The van der Waals surface area contributed by atoms with Crippen LogP contribution in [0.4, 0.5) is 0 Å². The molecule has 0 bridgehead atoms. The third-order valence-corrected chi connectivity index (χ3v) is 9.05. The average molecular weight is 323 g/mol. The Labute approximate surface area is 145 Å². The minimum absolute atomic E-state index is 0.300. The highest BCUT2D eigenvalue weighted by atomic mass is 16.1. The van der Waals surface area contributed by atoms with E-state index >= 15 is 0 Å². The zero-order valence-corrected chi connectivity index (χ0v) is 14.9. The van der Waals surface area contributed by atoms with Gasteiger partial charge in [0.05, 0.1) is 12.0 Å². The van der Waals surface area contributed by atoms with Crippen molar-refractivity contribution in [2.24, 2.45) is 40.4 Å². The number of hydrogen-bond donors (Lipinski definition) is 0. The summed E-state index contributed by atoms with van der Waals surface area (Å²) in [5.74, 6) is 3.79. The van der Waals surface area contributed by atoms with Gasteiger partial charge in [-0.1, -0.05) is 12.5 Å². The Morgan fingerprint density at radius 1 is 1.17 bits per heavy atom. The van der Waals surface area contributed by atoms with Crippen LogP contribution in [0, 0.1) is 51.8 Å². The summed E-state index contributed by atoms with van der Waals surface area (Å²) >= 11 is 0.